The molecule has 0 unspecified atom stereocenters. The molecule has 94 valence electrons. The van der Waals surface area contributed by atoms with Crippen LogP contribution in [0.1, 0.15) is 60.8 Å². The van der Waals surface area contributed by atoms with Crippen LogP contribution < -0.4 is 0 Å². The number of rotatable bonds is 2. The summed E-state index contributed by atoms with van der Waals surface area (Å²) in [4.78, 5) is 4.80. The van der Waals surface area contributed by atoms with E-state index in [1.807, 2.05) is 0 Å². The van der Waals surface area contributed by atoms with Gasteiger partial charge in [-0.15, -0.1) is 0 Å². The maximum atomic E-state index is 4.80. The molecule has 1 nitrogen and oxygen atoms in total. The van der Waals surface area contributed by atoms with Crippen molar-refractivity contribution in [2.75, 3.05) is 6.54 Å². The van der Waals surface area contributed by atoms with Crippen LogP contribution in [0.15, 0.2) is 4.99 Å². The van der Waals surface area contributed by atoms with Gasteiger partial charge < -0.3 is 0 Å². The van der Waals surface area contributed by atoms with Crippen LogP contribution in [0.3, 0.4) is 0 Å². The van der Waals surface area contributed by atoms with Gasteiger partial charge in [-0.3, -0.25) is 4.99 Å². The molecule has 1 rings (SSSR count). The molecule has 0 saturated heterocycles. The van der Waals surface area contributed by atoms with Crippen molar-refractivity contribution in [3.05, 3.63) is 0 Å². The average molecular weight is 223 g/mol. The Kier molecular flexibility index (Phi) is 4.58. The molecule has 0 radical (unpaired) electrons. The number of hydrogen-bond acceptors (Lipinski definition) is 1. The van der Waals surface area contributed by atoms with Gasteiger partial charge in [0, 0.05) is 12.3 Å². The van der Waals surface area contributed by atoms with Crippen LogP contribution in [0.25, 0.3) is 0 Å². The fraction of sp³-hybridized carbons (Fsp3) is 0.933. The largest absolute Gasteiger partial charge is 0.294 e. The highest BCUT2D eigenvalue weighted by Gasteiger charge is 2.35. The number of hydrogen-bond donors (Lipinski definition) is 0. The van der Waals surface area contributed by atoms with Crippen LogP contribution in [-0.2, 0) is 0 Å². The lowest BCUT2D eigenvalue weighted by Gasteiger charge is -2.40. The minimum atomic E-state index is 0.457. The van der Waals surface area contributed by atoms with E-state index < -0.39 is 0 Å². The molecule has 1 aliphatic carbocycles. The maximum absolute atomic E-state index is 4.80. The first-order valence-corrected chi connectivity index (χ1v) is 6.90. The summed E-state index contributed by atoms with van der Waals surface area (Å²) < 4.78 is 0. The van der Waals surface area contributed by atoms with E-state index in [2.05, 4.69) is 41.5 Å². The number of aliphatic imine (C=N–C) groups is 1. The Morgan fingerprint density at radius 3 is 2.00 bits per heavy atom. The zero-order valence-electron chi connectivity index (χ0n) is 12.0. The summed E-state index contributed by atoms with van der Waals surface area (Å²) >= 11 is 0. The topological polar surface area (TPSA) is 12.4 Å². The second-order valence-corrected chi connectivity index (χ2v) is 6.64. The zero-order valence-corrected chi connectivity index (χ0v) is 12.0. The van der Waals surface area contributed by atoms with Gasteiger partial charge in [0.1, 0.15) is 0 Å². The highest BCUT2D eigenvalue weighted by Crippen LogP contribution is 2.41. The van der Waals surface area contributed by atoms with Crippen molar-refractivity contribution in [3.63, 3.8) is 0 Å². The van der Waals surface area contributed by atoms with Gasteiger partial charge in [-0.1, -0.05) is 41.5 Å². The monoisotopic (exact) mass is 223 g/mol. The van der Waals surface area contributed by atoms with E-state index in [4.69, 9.17) is 4.99 Å². The van der Waals surface area contributed by atoms with Gasteiger partial charge in [0.25, 0.3) is 0 Å². The molecule has 0 aliphatic heterocycles. The van der Waals surface area contributed by atoms with Crippen LogP contribution in [0.2, 0.25) is 0 Å². The second-order valence-electron chi connectivity index (χ2n) is 6.64. The van der Waals surface area contributed by atoms with E-state index in [0.29, 0.717) is 17.3 Å². The molecule has 0 spiro atoms. The number of nitrogens with zero attached hydrogens (tertiary/aromatic N) is 1. The predicted octanol–water partition coefficient (Wildman–Crippen LogP) is 4.57. The molecule has 16 heavy (non-hydrogen) atoms. The quantitative estimate of drug-likeness (QED) is 0.650. The van der Waals surface area contributed by atoms with Gasteiger partial charge >= 0.3 is 0 Å². The third kappa shape index (κ3) is 3.33. The maximum Gasteiger partial charge on any atom is 0.0386 e. The van der Waals surface area contributed by atoms with Crippen molar-refractivity contribution >= 4 is 5.71 Å². The van der Waals surface area contributed by atoms with Crippen LogP contribution in [0.4, 0.5) is 0 Å². The van der Waals surface area contributed by atoms with E-state index >= 15 is 0 Å². The molecule has 0 amide bonds. The van der Waals surface area contributed by atoms with Gasteiger partial charge in [-0.05, 0) is 42.4 Å². The summed E-state index contributed by atoms with van der Waals surface area (Å²) in [6.45, 7) is 15.1. The van der Waals surface area contributed by atoms with Crippen molar-refractivity contribution < 1.29 is 0 Å². The van der Waals surface area contributed by atoms with Crippen LogP contribution in [0.5, 0.6) is 0 Å². The summed E-state index contributed by atoms with van der Waals surface area (Å²) in [7, 11) is 0. The molecule has 1 aliphatic rings. The summed E-state index contributed by atoms with van der Waals surface area (Å²) in [6.07, 6.45) is 3.83. The van der Waals surface area contributed by atoms with Crippen LogP contribution in [-0.4, -0.2) is 12.3 Å². The van der Waals surface area contributed by atoms with E-state index in [9.17, 15) is 0 Å². The van der Waals surface area contributed by atoms with E-state index in [-0.39, 0.29) is 0 Å². The van der Waals surface area contributed by atoms with Crippen molar-refractivity contribution in [2.24, 2.45) is 28.2 Å². The smallest absolute Gasteiger partial charge is 0.0386 e. The molecule has 0 N–H and O–H groups in total. The first kappa shape index (κ1) is 13.7. The SMILES string of the molecule is CCCN=C1[C@H](C)CC(C(C)(C)C)C[C@H]1C. The fourth-order valence-electron chi connectivity index (χ4n) is 2.94. The van der Waals surface area contributed by atoms with Crippen molar-refractivity contribution in [1.82, 2.24) is 0 Å². The Morgan fingerprint density at radius 2 is 1.62 bits per heavy atom. The van der Waals surface area contributed by atoms with Crippen molar-refractivity contribution in [3.8, 4) is 0 Å². The van der Waals surface area contributed by atoms with Gasteiger partial charge in [0.2, 0.25) is 0 Å². The minimum absolute atomic E-state index is 0.457. The molecule has 0 aromatic rings. The van der Waals surface area contributed by atoms with Gasteiger partial charge in [0.05, 0.1) is 0 Å². The molecule has 2 atom stereocenters. The highest BCUT2D eigenvalue weighted by atomic mass is 14.8. The molecule has 0 bridgehead atoms. The molecule has 0 aromatic heterocycles. The third-order valence-electron chi connectivity index (χ3n) is 4.03. The predicted molar refractivity (Wildman–Crippen MR) is 73.1 cm³/mol. The van der Waals surface area contributed by atoms with Crippen molar-refractivity contribution in [2.45, 2.75) is 60.8 Å². The first-order chi connectivity index (χ1) is 7.36. The zero-order chi connectivity index (χ0) is 12.3. The lowest BCUT2D eigenvalue weighted by molar-refractivity contribution is 0.172. The van der Waals surface area contributed by atoms with Gasteiger partial charge in [0.15, 0.2) is 0 Å². The molecule has 0 aromatic carbocycles. The Balaban J connectivity index is 2.71. The fourth-order valence-corrected chi connectivity index (χ4v) is 2.94. The Morgan fingerprint density at radius 1 is 1.12 bits per heavy atom. The molecule has 1 fully saturated rings. The van der Waals surface area contributed by atoms with Crippen LogP contribution >= 0.6 is 0 Å². The Labute approximate surface area is 102 Å². The van der Waals surface area contributed by atoms with Gasteiger partial charge in [-0.2, -0.15) is 0 Å². The Bertz CT molecular complexity index is 233. The normalized spacial score (nSPS) is 31.6. The third-order valence-corrected chi connectivity index (χ3v) is 4.03. The van der Waals surface area contributed by atoms with E-state index in [0.717, 1.165) is 12.5 Å². The lowest BCUT2D eigenvalue weighted by Crippen LogP contribution is -2.36. The van der Waals surface area contributed by atoms with Crippen LogP contribution in [0, 0.1) is 23.2 Å². The standard InChI is InChI=1S/C15H29N/c1-7-8-16-14-11(2)9-13(10-12(14)3)15(4,5)6/h11-13H,7-10H2,1-6H3/t11-,12-,13?/m1/s1. The second kappa shape index (κ2) is 5.33. The summed E-state index contributed by atoms with van der Waals surface area (Å²) in [5, 5.41) is 0. The lowest BCUT2D eigenvalue weighted by atomic mass is 9.65. The summed E-state index contributed by atoms with van der Waals surface area (Å²) in [6, 6.07) is 0. The summed E-state index contributed by atoms with van der Waals surface area (Å²) in [5.74, 6) is 2.25. The molecular formula is C15H29N. The molecule has 0 heterocycles. The molecule has 1 heteroatoms. The average Bonchev–Trinajstić information content (AvgIpc) is 2.15. The first-order valence-electron chi connectivity index (χ1n) is 6.90. The van der Waals surface area contributed by atoms with Crippen molar-refractivity contribution in [1.29, 1.82) is 0 Å². The highest BCUT2D eigenvalue weighted by molar-refractivity contribution is 5.89. The van der Waals surface area contributed by atoms with Gasteiger partial charge in [-0.25, -0.2) is 0 Å². The van der Waals surface area contributed by atoms with E-state index in [1.165, 1.54) is 25.0 Å². The summed E-state index contributed by atoms with van der Waals surface area (Å²) in [5.41, 5.74) is 1.95. The Hall–Kier alpha value is -0.330. The van der Waals surface area contributed by atoms with E-state index in [1.54, 1.807) is 0 Å². The minimum Gasteiger partial charge on any atom is -0.294 e. The molecule has 1 saturated carbocycles. The molecular weight excluding hydrogens is 194 g/mol.